The highest BCUT2D eigenvalue weighted by molar-refractivity contribution is 6.70. The Kier molecular flexibility index (Phi) is 4.20. The summed E-state index contributed by atoms with van der Waals surface area (Å²) in [6, 6.07) is 8.36. The van der Waals surface area contributed by atoms with Gasteiger partial charge in [-0.1, -0.05) is 47.6 Å². The number of ketones is 1. The molecule has 1 aromatic rings. The Bertz CT molecular complexity index is 424. The number of carbonyl (C=O) groups excluding carboxylic acids is 1. The van der Waals surface area contributed by atoms with E-state index in [2.05, 4.69) is 10.3 Å². The highest BCUT2D eigenvalue weighted by Gasteiger charge is 2.19. The molecule has 0 unspecified atom stereocenters. The van der Waals surface area contributed by atoms with Crippen LogP contribution < -0.4 is 0 Å². The van der Waals surface area contributed by atoms with Crippen molar-refractivity contribution in [3.8, 4) is 0 Å². The summed E-state index contributed by atoms with van der Waals surface area (Å²) < 4.78 is 0. The summed E-state index contributed by atoms with van der Waals surface area (Å²) in [4.78, 5) is 11.9. The van der Waals surface area contributed by atoms with E-state index in [1.807, 2.05) is 0 Å². The molecule has 0 amide bonds. The molecule has 0 spiro atoms. The lowest BCUT2D eigenvalue weighted by atomic mass is 10.0. The van der Waals surface area contributed by atoms with Crippen LogP contribution in [0.1, 0.15) is 23.7 Å². The molecule has 0 aliphatic rings. The highest BCUT2D eigenvalue weighted by Crippen LogP contribution is 2.04. The van der Waals surface area contributed by atoms with Crippen molar-refractivity contribution in [2.75, 3.05) is 0 Å². The van der Waals surface area contributed by atoms with Crippen molar-refractivity contribution in [2.24, 2.45) is 10.3 Å². The maximum atomic E-state index is 11.9. The van der Waals surface area contributed by atoms with E-state index >= 15 is 0 Å². The second-order valence-corrected chi connectivity index (χ2v) is 3.04. The van der Waals surface area contributed by atoms with Crippen LogP contribution in [0, 0.1) is 0 Å². The Labute approximate surface area is 92.7 Å². The number of hydrogen-bond acceptors (Lipinski definition) is 5. The van der Waals surface area contributed by atoms with Gasteiger partial charge in [-0.3, -0.25) is 4.79 Å². The molecule has 0 aliphatic heterocycles. The minimum Gasteiger partial charge on any atom is -0.411 e. The van der Waals surface area contributed by atoms with Crippen molar-refractivity contribution in [3.63, 3.8) is 0 Å². The first-order valence-electron chi connectivity index (χ1n) is 4.77. The van der Waals surface area contributed by atoms with Gasteiger partial charge in [-0.2, -0.15) is 0 Å². The molecule has 0 fully saturated rings. The van der Waals surface area contributed by atoms with Gasteiger partial charge in [0.05, 0.1) is 0 Å². The minimum absolute atomic E-state index is 0.0522. The van der Waals surface area contributed by atoms with Crippen LogP contribution >= 0.6 is 0 Å². The number of rotatable bonds is 4. The molecular weight excluding hydrogens is 208 g/mol. The molecule has 1 aromatic carbocycles. The molecule has 0 atom stereocenters. The molecule has 5 nitrogen and oxygen atoms in total. The Morgan fingerprint density at radius 3 is 2.25 bits per heavy atom. The summed E-state index contributed by atoms with van der Waals surface area (Å²) in [6.45, 7) is 1.69. The first-order valence-corrected chi connectivity index (χ1v) is 4.77. The van der Waals surface area contributed by atoms with Gasteiger partial charge < -0.3 is 10.4 Å². The van der Waals surface area contributed by atoms with Gasteiger partial charge >= 0.3 is 0 Å². The monoisotopic (exact) mass is 220 g/mol. The van der Waals surface area contributed by atoms with Crippen LogP contribution in [0.5, 0.6) is 0 Å². The van der Waals surface area contributed by atoms with Crippen LogP contribution in [0.3, 0.4) is 0 Å². The van der Waals surface area contributed by atoms with Crippen LogP contribution in [0.4, 0.5) is 0 Å². The number of Topliss-reactive ketones (excluding diaryl/α,β-unsaturated/α-hetero) is 1. The van der Waals surface area contributed by atoms with Crippen LogP contribution in [0.15, 0.2) is 40.6 Å². The average molecular weight is 220 g/mol. The largest absolute Gasteiger partial charge is 0.411 e. The number of oxime groups is 2. The van der Waals surface area contributed by atoms with E-state index in [0.717, 1.165) is 0 Å². The van der Waals surface area contributed by atoms with E-state index < -0.39 is 5.78 Å². The standard InChI is InChI=1S/C11H12N2O3/c1-2-9(12-15)10(13-16)11(14)8-6-4-3-5-7-8/h3-7,15-16H,2H2,1H3/b12-9+,13-10-. The van der Waals surface area contributed by atoms with Crippen LogP contribution in [0.2, 0.25) is 0 Å². The van der Waals surface area contributed by atoms with Gasteiger partial charge in [-0.25, -0.2) is 0 Å². The maximum Gasteiger partial charge on any atom is 0.216 e. The molecule has 0 radical (unpaired) electrons. The Morgan fingerprint density at radius 2 is 1.81 bits per heavy atom. The molecule has 0 saturated carbocycles. The molecule has 1 rings (SSSR count). The predicted octanol–water partition coefficient (Wildman–Crippen LogP) is 1.94. The van der Waals surface area contributed by atoms with Gasteiger partial charge in [0, 0.05) is 5.56 Å². The molecule has 0 heterocycles. The van der Waals surface area contributed by atoms with E-state index in [0.29, 0.717) is 12.0 Å². The zero-order chi connectivity index (χ0) is 12.0. The predicted molar refractivity (Wildman–Crippen MR) is 59.5 cm³/mol. The van der Waals surface area contributed by atoms with Crippen molar-refractivity contribution in [1.29, 1.82) is 0 Å². The number of benzene rings is 1. The third-order valence-corrected chi connectivity index (χ3v) is 2.08. The first kappa shape index (κ1) is 11.9. The summed E-state index contributed by atoms with van der Waals surface area (Å²) >= 11 is 0. The van der Waals surface area contributed by atoms with Crippen molar-refractivity contribution in [3.05, 3.63) is 35.9 Å². The van der Waals surface area contributed by atoms with Gasteiger partial charge in [0.15, 0.2) is 5.71 Å². The van der Waals surface area contributed by atoms with Gasteiger partial charge in [0.25, 0.3) is 0 Å². The molecule has 84 valence electrons. The fraction of sp³-hybridized carbons (Fsp3) is 0.182. The second-order valence-electron chi connectivity index (χ2n) is 3.04. The Morgan fingerprint density at radius 1 is 1.19 bits per heavy atom. The zero-order valence-corrected chi connectivity index (χ0v) is 8.79. The fourth-order valence-electron chi connectivity index (χ4n) is 1.25. The lowest BCUT2D eigenvalue weighted by Crippen LogP contribution is -2.24. The zero-order valence-electron chi connectivity index (χ0n) is 8.79. The van der Waals surface area contributed by atoms with Crippen LogP contribution in [-0.4, -0.2) is 27.6 Å². The lowest BCUT2D eigenvalue weighted by Gasteiger charge is -2.03. The topological polar surface area (TPSA) is 82.2 Å². The normalized spacial score (nSPS) is 12.6. The maximum absolute atomic E-state index is 11.9. The number of carbonyl (C=O) groups is 1. The number of nitrogens with zero attached hydrogens (tertiary/aromatic N) is 2. The van der Waals surface area contributed by atoms with E-state index in [1.54, 1.807) is 37.3 Å². The molecule has 2 N–H and O–H groups in total. The molecule has 0 aliphatic carbocycles. The fourth-order valence-corrected chi connectivity index (χ4v) is 1.25. The van der Waals surface area contributed by atoms with Gasteiger partial charge in [-0.15, -0.1) is 0 Å². The second kappa shape index (κ2) is 5.65. The summed E-state index contributed by atoms with van der Waals surface area (Å²) in [5.74, 6) is -0.474. The van der Waals surface area contributed by atoms with E-state index in [9.17, 15) is 4.79 Å². The molecule has 5 heteroatoms. The SMILES string of the molecule is CCC(=N\O)/C(=N/O)C(=O)c1ccccc1. The third kappa shape index (κ3) is 2.44. The summed E-state index contributed by atoms with van der Waals surface area (Å²) in [5, 5.41) is 23.2. The summed E-state index contributed by atoms with van der Waals surface area (Å²) in [6.07, 6.45) is 0.300. The average Bonchev–Trinajstić information content (AvgIpc) is 2.36. The Balaban J connectivity index is 3.05. The van der Waals surface area contributed by atoms with E-state index in [-0.39, 0.29) is 11.4 Å². The molecule has 16 heavy (non-hydrogen) atoms. The third-order valence-electron chi connectivity index (χ3n) is 2.08. The molecule has 0 aromatic heterocycles. The number of hydrogen-bond donors (Lipinski definition) is 2. The Hall–Kier alpha value is -2.17. The van der Waals surface area contributed by atoms with Gasteiger partial charge in [0.1, 0.15) is 5.71 Å². The smallest absolute Gasteiger partial charge is 0.216 e. The van der Waals surface area contributed by atoms with Gasteiger partial charge in [-0.05, 0) is 6.42 Å². The highest BCUT2D eigenvalue weighted by atomic mass is 16.4. The van der Waals surface area contributed by atoms with Crippen molar-refractivity contribution in [1.82, 2.24) is 0 Å². The van der Waals surface area contributed by atoms with Gasteiger partial charge in [0.2, 0.25) is 5.78 Å². The summed E-state index contributed by atoms with van der Waals surface area (Å²) in [5.41, 5.74) is 0.192. The molecule has 0 saturated heterocycles. The lowest BCUT2D eigenvalue weighted by molar-refractivity contribution is 0.106. The summed E-state index contributed by atoms with van der Waals surface area (Å²) in [7, 11) is 0. The minimum atomic E-state index is -0.474. The van der Waals surface area contributed by atoms with Crippen molar-refractivity contribution in [2.45, 2.75) is 13.3 Å². The first-order chi connectivity index (χ1) is 7.74. The molecular formula is C11H12N2O3. The van der Waals surface area contributed by atoms with Crippen molar-refractivity contribution < 1.29 is 15.2 Å². The van der Waals surface area contributed by atoms with Crippen molar-refractivity contribution >= 4 is 17.2 Å². The quantitative estimate of drug-likeness (QED) is 0.352. The van der Waals surface area contributed by atoms with Crippen LogP contribution in [-0.2, 0) is 0 Å². The van der Waals surface area contributed by atoms with Crippen LogP contribution in [0.25, 0.3) is 0 Å². The van der Waals surface area contributed by atoms with E-state index in [4.69, 9.17) is 10.4 Å². The van der Waals surface area contributed by atoms with E-state index in [1.165, 1.54) is 0 Å². The molecule has 0 bridgehead atoms.